The van der Waals surface area contributed by atoms with E-state index < -0.39 is 49.4 Å². The third kappa shape index (κ3) is 14.4. The highest BCUT2D eigenvalue weighted by Gasteiger charge is 2.44. The second-order valence-electron chi connectivity index (χ2n) is 9.38. The lowest BCUT2D eigenvalue weighted by Gasteiger charge is -2.39. The zero-order chi connectivity index (χ0) is 26.6. The van der Waals surface area contributed by atoms with Crippen molar-refractivity contribution in [1.29, 1.82) is 0 Å². The molecule has 0 spiro atoms. The van der Waals surface area contributed by atoms with Gasteiger partial charge >= 0.3 is 5.97 Å². The van der Waals surface area contributed by atoms with Crippen molar-refractivity contribution in [3.05, 3.63) is 24.3 Å². The number of carbonyl (C=O) groups excluding carboxylic acids is 1. The van der Waals surface area contributed by atoms with E-state index in [0.29, 0.717) is 0 Å². The number of ether oxygens (including phenoxy) is 3. The van der Waals surface area contributed by atoms with E-state index in [1.54, 1.807) is 0 Å². The minimum atomic E-state index is -1.56. The van der Waals surface area contributed by atoms with Crippen LogP contribution in [0, 0.1) is 0 Å². The first-order valence-electron chi connectivity index (χ1n) is 13.5. The molecule has 1 aliphatic heterocycles. The van der Waals surface area contributed by atoms with E-state index in [1.807, 2.05) is 0 Å². The van der Waals surface area contributed by atoms with Crippen molar-refractivity contribution >= 4 is 5.97 Å². The fourth-order valence-corrected chi connectivity index (χ4v) is 3.82. The molecule has 9 heteroatoms. The predicted molar refractivity (Wildman–Crippen MR) is 136 cm³/mol. The Bertz CT molecular complexity index is 608. The van der Waals surface area contributed by atoms with Crippen molar-refractivity contribution in [1.82, 2.24) is 0 Å². The first-order valence-corrected chi connectivity index (χ1v) is 13.5. The summed E-state index contributed by atoms with van der Waals surface area (Å²) in [6.45, 7) is 1.06. The topological polar surface area (TPSA) is 146 Å². The molecule has 0 unspecified atom stereocenters. The molecule has 0 aliphatic carbocycles. The molecule has 0 amide bonds. The van der Waals surface area contributed by atoms with Gasteiger partial charge in [-0.3, -0.25) is 4.79 Å². The molecule has 0 bridgehead atoms. The largest absolute Gasteiger partial charge is 0.463 e. The summed E-state index contributed by atoms with van der Waals surface area (Å²) < 4.78 is 15.5. The van der Waals surface area contributed by atoms with Gasteiger partial charge in [-0.1, -0.05) is 69.8 Å². The first kappa shape index (κ1) is 32.7. The molecule has 0 aromatic carbocycles. The fraction of sp³-hybridized carbons (Fsp3) is 0.815. The van der Waals surface area contributed by atoms with E-state index in [2.05, 4.69) is 31.2 Å². The van der Waals surface area contributed by atoms with E-state index >= 15 is 0 Å². The van der Waals surface area contributed by atoms with Crippen LogP contribution >= 0.6 is 0 Å². The second kappa shape index (κ2) is 20.7. The lowest BCUT2D eigenvalue weighted by Crippen LogP contribution is -2.59. The number of carbonyl (C=O) groups is 1. The number of rotatable bonds is 20. The summed E-state index contributed by atoms with van der Waals surface area (Å²) in [5, 5.41) is 48.5. The molecular formula is C27H48O9. The zero-order valence-corrected chi connectivity index (χ0v) is 21.7. The van der Waals surface area contributed by atoms with Crippen LogP contribution in [0.3, 0.4) is 0 Å². The van der Waals surface area contributed by atoms with Crippen LogP contribution in [0.2, 0.25) is 0 Å². The smallest absolute Gasteiger partial charge is 0.305 e. The highest BCUT2D eigenvalue weighted by atomic mass is 16.7. The van der Waals surface area contributed by atoms with Crippen LogP contribution in [0.25, 0.3) is 0 Å². The summed E-state index contributed by atoms with van der Waals surface area (Å²) in [4.78, 5) is 11.9. The Morgan fingerprint density at radius 2 is 1.47 bits per heavy atom. The number of unbranched alkanes of at least 4 members (excludes halogenated alkanes) is 9. The summed E-state index contributed by atoms with van der Waals surface area (Å²) in [5.74, 6) is -0.397. The van der Waals surface area contributed by atoms with E-state index in [0.717, 1.165) is 44.9 Å². The normalized spacial score (nSPS) is 25.6. The highest BCUT2D eigenvalue weighted by Crippen LogP contribution is 2.22. The number of hydrogen-bond acceptors (Lipinski definition) is 9. The van der Waals surface area contributed by atoms with Gasteiger partial charge in [-0.05, 0) is 32.1 Å². The first-order chi connectivity index (χ1) is 17.4. The standard InChI is InChI=1S/C27H48O9/c1-2-3-4-5-6-7-8-9-10-11-12-13-14-15-16-17-23(30)34-19-21(29)20-35-27-26(33)25(32)24(31)22(18-28)36-27/h7-10,21-22,24-29,31-33H,2-6,11-20H2,1H3/t21-,22-,24+,25+,26-,27-/m1/s1. The molecule has 1 aliphatic rings. The lowest BCUT2D eigenvalue weighted by molar-refractivity contribution is -0.305. The molecule has 5 N–H and O–H groups in total. The number of hydrogen-bond donors (Lipinski definition) is 5. The molecule has 210 valence electrons. The van der Waals surface area contributed by atoms with Crippen molar-refractivity contribution in [2.75, 3.05) is 19.8 Å². The Balaban J connectivity index is 2.01. The van der Waals surface area contributed by atoms with Crippen LogP contribution in [0.4, 0.5) is 0 Å². The van der Waals surface area contributed by atoms with Gasteiger partial charge in [-0.2, -0.15) is 0 Å². The molecule has 1 fully saturated rings. The molecule has 0 radical (unpaired) electrons. The third-order valence-corrected chi connectivity index (χ3v) is 6.10. The summed E-state index contributed by atoms with van der Waals surface area (Å²) in [5.41, 5.74) is 0. The van der Waals surface area contributed by atoms with Gasteiger partial charge in [0, 0.05) is 6.42 Å². The molecule has 9 nitrogen and oxygen atoms in total. The third-order valence-electron chi connectivity index (χ3n) is 6.10. The molecule has 0 saturated carbocycles. The van der Waals surface area contributed by atoms with Crippen LogP contribution < -0.4 is 0 Å². The van der Waals surface area contributed by atoms with Crippen molar-refractivity contribution < 1.29 is 44.5 Å². The summed E-state index contributed by atoms with van der Waals surface area (Å²) >= 11 is 0. The van der Waals surface area contributed by atoms with Gasteiger partial charge in [-0.15, -0.1) is 0 Å². The van der Waals surface area contributed by atoms with Crippen LogP contribution in [-0.4, -0.2) is 88.1 Å². The van der Waals surface area contributed by atoms with Crippen molar-refractivity contribution in [3.8, 4) is 0 Å². The Labute approximate surface area is 215 Å². The Hall–Kier alpha value is -1.33. The van der Waals surface area contributed by atoms with Crippen LogP contribution in [0.5, 0.6) is 0 Å². The van der Waals surface area contributed by atoms with Gasteiger partial charge in [0.15, 0.2) is 6.29 Å². The van der Waals surface area contributed by atoms with Gasteiger partial charge in [0.05, 0.1) is 13.2 Å². The Morgan fingerprint density at radius 1 is 0.861 bits per heavy atom. The van der Waals surface area contributed by atoms with Crippen LogP contribution in [-0.2, 0) is 19.0 Å². The number of aliphatic hydroxyl groups is 5. The number of esters is 1. The van der Waals surface area contributed by atoms with Gasteiger partial charge in [0.2, 0.25) is 0 Å². The van der Waals surface area contributed by atoms with Gasteiger partial charge < -0.3 is 39.7 Å². The Kier molecular flexibility index (Phi) is 18.8. The molecule has 6 atom stereocenters. The van der Waals surface area contributed by atoms with Gasteiger partial charge in [0.1, 0.15) is 37.1 Å². The van der Waals surface area contributed by atoms with E-state index in [-0.39, 0.29) is 19.6 Å². The maximum absolute atomic E-state index is 11.9. The van der Waals surface area contributed by atoms with Crippen LogP contribution in [0.1, 0.15) is 84.0 Å². The van der Waals surface area contributed by atoms with Gasteiger partial charge in [0.25, 0.3) is 0 Å². The number of allylic oxidation sites excluding steroid dienone is 4. The zero-order valence-electron chi connectivity index (χ0n) is 21.7. The molecular weight excluding hydrogens is 468 g/mol. The van der Waals surface area contributed by atoms with E-state index in [4.69, 9.17) is 19.3 Å². The maximum atomic E-state index is 11.9. The maximum Gasteiger partial charge on any atom is 0.305 e. The SMILES string of the molecule is CCCCCCC=CC=CCCCCCCCC(=O)OC[C@@H](O)CO[C@@H]1O[C@H](CO)[C@H](O)[C@H](O)[C@H]1O. The number of aliphatic hydroxyl groups excluding tert-OH is 5. The van der Waals surface area contributed by atoms with Crippen molar-refractivity contribution in [2.45, 2.75) is 121 Å². The summed E-state index contributed by atoms with van der Waals surface area (Å²) in [6.07, 6.45) is 13.2. The molecule has 0 aromatic heterocycles. The van der Waals surface area contributed by atoms with E-state index in [1.165, 1.54) is 25.7 Å². The molecule has 0 aromatic rings. The molecule has 1 rings (SSSR count). The minimum Gasteiger partial charge on any atom is -0.463 e. The molecule has 1 heterocycles. The van der Waals surface area contributed by atoms with Crippen molar-refractivity contribution in [3.63, 3.8) is 0 Å². The predicted octanol–water partition coefficient (Wildman–Crippen LogP) is 2.52. The average molecular weight is 517 g/mol. The van der Waals surface area contributed by atoms with Crippen LogP contribution in [0.15, 0.2) is 24.3 Å². The van der Waals surface area contributed by atoms with Gasteiger partial charge in [-0.25, -0.2) is 0 Å². The van der Waals surface area contributed by atoms with Crippen molar-refractivity contribution in [2.24, 2.45) is 0 Å². The fourth-order valence-electron chi connectivity index (χ4n) is 3.82. The minimum absolute atomic E-state index is 0.268. The molecule has 36 heavy (non-hydrogen) atoms. The van der Waals surface area contributed by atoms with E-state index in [9.17, 15) is 25.2 Å². The quantitative estimate of drug-likeness (QED) is 0.0936. The Morgan fingerprint density at radius 3 is 2.11 bits per heavy atom. The summed E-state index contributed by atoms with van der Waals surface area (Å²) in [7, 11) is 0. The summed E-state index contributed by atoms with van der Waals surface area (Å²) in [6, 6.07) is 0. The monoisotopic (exact) mass is 516 g/mol. The average Bonchev–Trinajstić information content (AvgIpc) is 2.88. The lowest BCUT2D eigenvalue weighted by atomic mass is 9.99. The second-order valence-corrected chi connectivity index (χ2v) is 9.38. The molecule has 1 saturated heterocycles. The highest BCUT2D eigenvalue weighted by molar-refractivity contribution is 5.69.